The van der Waals surface area contributed by atoms with Gasteiger partial charge in [-0.05, 0) is 24.3 Å². The zero-order valence-electron chi connectivity index (χ0n) is 13.3. The molecule has 0 aliphatic carbocycles. The van der Waals surface area contributed by atoms with Crippen molar-refractivity contribution in [2.75, 3.05) is 11.5 Å². The summed E-state index contributed by atoms with van der Waals surface area (Å²) in [7, 11) is 0. The fourth-order valence-electron chi connectivity index (χ4n) is 2.87. The summed E-state index contributed by atoms with van der Waals surface area (Å²) in [4.78, 5) is 24.9. The summed E-state index contributed by atoms with van der Waals surface area (Å²) < 4.78 is 50.4. The zero-order valence-corrected chi connectivity index (χ0v) is 14.9. The van der Waals surface area contributed by atoms with Gasteiger partial charge in [-0.2, -0.15) is 13.2 Å². The third kappa shape index (κ3) is 3.33. The number of hydrogen-bond donors (Lipinski definition) is 0. The number of rotatable bonds is 3. The van der Waals surface area contributed by atoms with E-state index < -0.39 is 41.7 Å². The lowest BCUT2D eigenvalue weighted by Gasteiger charge is -2.21. The van der Waals surface area contributed by atoms with E-state index in [4.69, 9.17) is 9.47 Å². The van der Waals surface area contributed by atoms with E-state index in [-0.39, 0.29) is 12.3 Å². The summed E-state index contributed by atoms with van der Waals surface area (Å²) >= 11 is 3.21. The molecule has 0 radical (unpaired) electrons. The molecule has 1 aromatic carbocycles. The lowest BCUT2D eigenvalue weighted by atomic mass is 9.90. The highest BCUT2D eigenvalue weighted by Gasteiger charge is 2.67. The van der Waals surface area contributed by atoms with Crippen molar-refractivity contribution in [3.63, 3.8) is 0 Å². The number of nitrogens with zero attached hydrogens (tertiary/aromatic N) is 1. The Morgan fingerprint density at radius 3 is 2.40 bits per heavy atom. The average Bonchev–Trinajstić information content (AvgIpc) is 3.21. The van der Waals surface area contributed by atoms with Gasteiger partial charge in [0.1, 0.15) is 6.61 Å². The van der Waals surface area contributed by atoms with Crippen LogP contribution in [0.2, 0.25) is 0 Å². The predicted molar refractivity (Wildman–Crippen MR) is 84.9 cm³/mol. The number of ether oxygens (including phenoxy) is 2. The fourth-order valence-corrected chi connectivity index (χ4v) is 3.13. The van der Waals surface area contributed by atoms with Crippen molar-refractivity contribution in [3.8, 4) is 0 Å². The molecule has 2 aliphatic heterocycles. The molecule has 1 aromatic rings. The van der Waals surface area contributed by atoms with Gasteiger partial charge in [-0.25, -0.2) is 9.59 Å². The highest BCUT2D eigenvalue weighted by Crippen LogP contribution is 2.46. The Kier molecular flexibility index (Phi) is 4.25. The van der Waals surface area contributed by atoms with Gasteiger partial charge in [0.15, 0.2) is 12.1 Å². The number of carbonyl (C=O) groups is 2. The molecule has 3 rings (SSSR count). The molecule has 0 N–H and O–H groups in total. The van der Waals surface area contributed by atoms with Crippen LogP contribution in [0.4, 0.5) is 18.9 Å². The second-order valence-electron chi connectivity index (χ2n) is 6.73. The van der Waals surface area contributed by atoms with Crippen LogP contribution in [0.5, 0.6) is 0 Å². The Balaban J connectivity index is 1.80. The average molecular weight is 422 g/mol. The molecule has 0 unspecified atom stereocenters. The molecule has 2 aliphatic rings. The van der Waals surface area contributed by atoms with Gasteiger partial charge in [-0.15, -0.1) is 0 Å². The first-order valence-corrected chi connectivity index (χ1v) is 8.29. The summed E-state index contributed by atoms with van der Waals surface area (Å²) in [5.41, 5.74) is -0.529. The third-order valence-corrected chi connectivity index (χ3v) is 4.78. The number of carbonyl (C=O) groups excluding carboxylic acids is 2. The molecular weight excluding hydrogens is 407 g/mol. The van der Waals surface area contributed by atoms with E-state index in [9.17, 15) is 22.8 Å². The maximum atomic E-state index is 13.3. The van der Waals surface area contributed by atoms with Crippen molar-refractivity contribution in [3.05, 3.63) is 28.7 Å². The summed E-state index contributed by atoms with van der Waals surface area (Å²) in [6, 6.07) is 2.64. The van der Waals surface area contributed by atoms with Crippen molar-refractivity contribution in [1.82, 2.24) is 0 Å². The van der Waals surface area contributed by atoms with Crippen molar-refractivity contribution in [2.24, 2.45) is 5.41 Å². The summed E-state index contributed by atoms with van der Waals surface area (Å²) in [6.45, 7) is 3.35. The molecule has 0 aromatic heterocycles. The Morgan fingerprint density at radius 2 is 1.92 bits per heavy atom. The molecule has 136 valence electrons. The van der Waals surface area contributed by atoms with Crippen molar-refractivity contribution >= 4 is 33.6 Å². The first-order valence-electron chi connectivity index (χ1n) is 7.50. The highest BCUT2D eigenvalue weighted by molar-refractivity contribution is 9.10. The molecule has 0 amide bonds. The molecule has 3 atom stereocenters. The monoisotopic (exact) mass is 421 g/mol. The topological polar surface area (TPSA) is 55.6 Å². The van der Waals surface area contributed by atoms with E-state index in [0.29, 0.717) is 4.47 Å². The van der Waals surface area contributed by atoms with Crippen LogP contribution in [-0.4, -0.2) is 42.9 Å². The number of benzene rings is 1. The molecule has 5 nitrogen and oxygen atoms in total. The minimum Gasteiger partial charge on any atom is -0.462 e. The maximum absolute atomic E-state index is 13.3. The molecule has 25 heavy (non-hydrogen) atoms. The second kappa shape index (κ2) is 5.89. The van der Waals surface area contributed by atoms with E-state index in [1.165, 1.54) is 12.1 Å². The van der Waals surface area contributed by atoms with Crippen LogP contribution in [0, 0.1) is 5.41 Å². The van der Waals surface area contributed by atoms with Gasteiger partial charge in [0.25, 0.3) is 0 Å². The van der Waals surface area contributed by atoms with Crippen LogP contribution in [-0.2, 0) is 19.1 Å². The van der Waals surface area contributed by atoms with Gasteiger partial charge in [-0.1, -0.05) is 29.8 Å². The van der Waals surface area contributed by atoms with Crippen LogP contribution in [0.3, 0.4) is 0 Å². The van der Waals surface area contributed by atoms with Crippen LogP contribution in [0.1, 0.15) is 13.8 Å². The number of esters is 2. The van der Waals surface area contributed by atoms with E-state index in [0.717, 1.165) is 4.90 Å². The van der Waals surface area contributed by atoms with E-state index in [2.05, 4.69) is 15.9 Å². The molecule has 2 saturated heterocycles. The van der Waals surface area contributed by atoms with Gasteiger partial charge in [0.2, 0.25) is 6.10 Å². The second-order valence-corrected chi connectivity index (χ2v) is 7.64. The number of halogens is 4. The first-order chi connectivity index (χ1) is 11.5. The van der Waals surface area contributed by atoms with Gasteiger partial charge < -0.3 is 14.4 Å². The Labute approximate surface area is 150 Å². The minimum absolute atomic E-state index is 0.0492. The quantitative estimate of drug-likeness (QED) is 0.554. The third-order valence-electron chi connectivity index (χ3n) is 4.25. The van der Waals surface area contributed by atoms with E-state index in [1.807, 2.05) is 0 Å². The van der Waals surface area contributed by atoms with Crippen molar-refractivity contribution < 1.29 is 32.2 Å². The largest absolute Gasteiger partial charge is 0.462 e. The molecular formula is C16H15BrF3NO4. The van der Waals surface area contributed by atoms with Gasteiger partial charge in [0, 0.05) is 15.6 Å². The number of alkyl halides is 3. The van der Waals surface area contributed by atoms with Crippen molar-refractivity contribution in [1.29, 1.82) is 0 Å². The molecule has 0 spiro atoms. The standard InChI is InChI=1S/C16H15BrF3NO4/c1-15(2)7-24-14(23)12(15)25-13(22)10-11(16(18,19)20)21(10)9-5-3-8(17)4-6-9/h3-6,10-12H,7H2,1-2H3/t10-,11+,12-,21?/m0/s1. The van der Waals surface area contributed by atoms with Gasteiger partial charge in [0.05, 0.1) is 0 Å². The number of hydrogen-bond acceptors (Lipinski definition) is 5. The Hall–Kier alpha value is -1.77. The summed E-state index contributed by atoms with van der Waals surface area (Å²) in [5.74, 6) is -1.82. The van der Waals surface area contributed by atoms with Crippen LogP contribution < -0.4 is 4.90 Å². The highest BCUT2D eigenvalue weighted by atomic mass is 79.9. The lowest BCUT2D eigenvalue weighted by molar-refractivity contribution is -0.164. The minimum atomic E-state index is -4.59. The van der Waals surface area contributed by atoms with Crippen LogP contribution in [0.15, 0.2) is 28.7 Å². The Morgan fingerprint density at radius 1 is 1.32 bits per heavy atom. The fraction of sp³-hybridized carbons (Fsp3) is 0.500. The maximum Gasteiger partial charge on any atom is 0.411 e. The first kappa shape index (κ1) is 18.0. The van der Waals surface area contributed by atoms with Crippen molar-refractivity contribution in [2.45, 2.75) is 38.2 Å². The molecule has 2 heterocycles. The number of cyclic esters (lactones) is 1. The van der Waals surface area contributed by atoms with Gasteiger partial charge >= 0.3 is 18.1 Å². The SMILES string of the molecule is CC1(C)COC(=O)[C@@H]1OC(=O)[C@@H]1[C@H](C(F)(F)F)N1c1ccc(Br)cc1. The summed E-state index contributed by atoms with van der Waals surface area (Å²) in [6.07, 6.45) is -5.80. The molecule has 0 saturated carbocycles. The summed E-state index contributed by atoms with van der Waals surface area (Å²) in [5, 5.41) is 0. The molecule has 9 heteroatoms. The zero-order chi connectivity index (χ0) is 18.6. The normalized spacial score (nSPS) is 27.8. The van der Waals surface area contributed by atoms with Gasteiger partial charge in [-0.3, -0.25) is 0 Å². The van der Waals surface area contributed by atoms with E-state index >= 15 is 0 Å². The molecule has 0 bridgehead atoms. The Bertz CT molecular complexity index is 704. The van der Waals surface area contributed by atoms with Crippen LogP contribution >= 0.6 is 15.9 Å². The molecule has 2 fully saturated rings. The smallest absolute Gasteiger partial charge is 0.411 e. The number of anilines is 1. The lowest BCUT2D eigenvalue weighted by Crippen LogP contribution is -2.37. The van der Waals surface area contributed by atoms with Crippen LogP contribution in [0.25, 0.3) is 0 Å². The van der Waals surface area contributed by atoms with E-state index in [1.54, 1.807) is 26.0 Å². The predicted octanol–water partition coefficient (Wildman–Crippen LogP) is 3.06.